The van der Waals surface area contributed by atoms with E-state index in [4.69, 9.17) is 18.0 Å². The molecule has 6 heteroatoms. The lowest BCUT2D eigenvalue weighted by molar-refractivity contribution is 0.977. The quantitative estimate of drug-likeness (QED) is 0.820. The second-order valence-electron chi connectivity index (χ2n) is 3.85. The molecule has 0 spiro atoms. The molecule has 2 rings (SSSR count). The predicted molar refractivity (Wildman–Crippen MR) is 79.2 cm³/mol. The van der Waals surface area contributed by atoms with E-state index in [1.807, 2.05) is 13.0 Å². The number of nitrogens with one attached hydrogen (secondary N) is 1. The number of anilines is 1. The van der Waals surface area contributed by atoms with Gasteiger partial charge in [0.05, 0.1) is 5.01 Å². The van der Waals surface area contributed by atoms with Crippen LogP contribution < -0.4 is 11.1 Å². The van der Waals surface area contributed by atoms with Gasteiger partial charge in [-0.2, -0.15) is 0 Å². The van der Waals surface area contributed by atoms with E-state index in [0.717, 1.165) is 35.0 Å². The highest BCUT2D eigenvalue weighted by Gasteiger charge is 2.01. The van der Waals surface area contributed by atoms with E-state index in [2.05, 4.69) is 20.7 Å². The average molecular weight is 278 g/mol. The molecule has 0 saturated heterocycles. The van der Waals surface area contributed by atoms with Crippen molar-refractivity contribution in [3.05, 3.63) is 40.0 Å². The zero-order valence-corrected chi connectivity index (χ0v) is 11.6. The van der Waals surface area contributed by atoms with Gasteiger partial charge in [-0.25, -0.2) is 9.97 Å². The zero-order valence-electron chi connectivity index (χ0n) is 10.0. The smallest absolute Gasteiger partial charge is 0.126 e. The van der Waals surface area contributed by atoms with Crippen LogP contribution in [0, 0.1) is 6.92 Å². The highest BCUT2D eigenvalue weighted by atomic mass is 32.1. The van der Waals surface area contributed by atoms with Gasteiger partial charge in [0.2, 0.25) is 0 Å². The molecule has 0 radical (unpaired) electrons. The zero-order chi connectivity index (χ0) is 13.0. The first kappa shape index (κ1) is 12.9. The van der Waals surface area contributed by atoms with Gasteiger partial charge in [-0.15, -0.1) is 11.3 Å². The third-order valence-corrected chi connectivity index (χ3v) is 3.62. The molecule has 0 aromatic carbocycles. The van der Waals surface area contributed by atoms with Crippen molar-refractivity contribution in [2.75, 3.05) is 11.9 Å². The van der Waals surface area contributed by atoms with E-state index >= 15 is 0 Å². The first-order valence-corrected chi connectivity index (χ1v) is 6.84. The van der Waals surface area contributed by atoms with Gasteiger partial charge in [-0.3, -0.25) is 0 Å². The molecule has 4 nitrogen and oxygen atoms in total. The van der Waals surface area contributed by atoms with Gasteiger partial charge < -0.3 is 11.1 Å². The van der Waals surface area contributed by atoms with E-state index in [9.17, 15) is 0 Å². The van der Waals surface area contributed by atoms with Crippen LogP contribution >= 0.6 is 23.6 Å². The standard InChI is InChI=1S/C12H14N4S2/c1-8-7-18-11(16-8)3-5-15-10-6-9(12(13)17)2-4-14-10/h2,4,6-7H,3,5H2,1H3,(H2,13,17)(H,14,15). The van der Waals surface area contributed by atoms with Crippen molar-refractivity contribution in [3.8, 4) is 0 Å². The van der Waals surface area contributed by atoms with Crippen LogP contribution in [0.1, 0.15) is 16.3 Å². The van der Waals surface area contributed by atoms with Gasteiger partial charge in [-0.05, 0) is 19.1 Å². The van der Waals surface area contributed by atoms with Crippen LogP contribution in [0.25, 0.3) is 0 Å². The number of hydrogen-bond donors (Lipinski definition) is 2. The summed E-state index contributed by atoms with van der Waals surface area (Å²) in [6.07, 6.45) is 2.59. The van der Waals surface area contributed by atoms with E-state index in [1.165, 1.54) is 0 Å². The predicted octanol–water partition coefficient (Wildman–Crippen LogP) is 2.14. The lowest BCUT2D eigenvalue weighted by Crippen LogP contribution is -2.11. The fourth-order valence-corrected chi connectivity index (χ4v) is 2.40. The number of nitrogens with two attached hydrogens (primary N) is 1. The minimum absolute atomic E-state index is 0.385. The highest BCUT2D eigenvalue weighted by molar-refractivity contribution is 7.80. The van der Waals surface area contributed by atoms with E-state index in [0.29, 0.717) is 4.99 Å². The Kier molecular flexibility index (Phi) is 4.22. The lowest BCUT2D eigenvalue weighted by atomic mass is 10.2. The molecule has 0 fully saturated rings. The van der Waals surface area contributed by atoms with Gasteiger partial charge in [0.25, 0.3) is 0 Å². The molecular formula is C12H14N4S2. The summed E-state index contributed by atoms with van der Waals surface area (Å²) in [7, 11) is 0. The maximum atomic E-state index is 5.57. The van der Waals surface area contributed by atoms with Crippen molar-refractivity contribution in [2.24, 2.45) is 5.73 Å². The minimum atomic E-state index is 0.385. The lowest BCUT2D eigenvalue weighted by Gasteiger charge is -2.05. The molecule has 0 aliphatic rings. The normalized spacial score (nSPS) is 10.3. The molecule has 0 unspecified atom stereocenters. The number of thiazole rings is 1. The molecule has 2 aromatic rings. The van der Waals surface area contributed by atoms with Gasteiger partial charge in [0.15, 0.2) is 0 Å². The number of rotatable bonds is 5. The van der Waals surface area contributed by atoms with Crippen molar-refractivity contribution >= 4 is 34.4 Å². The van der Waals surface area contributed by atoms with Crippen LogP contribution in [0.4, 0.5) is 5.82 Å². The second-order valence-corrected chi connectivity index (χ2v) is 5.24. The number of aryl methyl sites for hydroxylation is 1. The minimum Gasteiger partial charge on any atom is -0.389 e. The van der Waals surface area contributed by atoms with E-state index in [1.54, 1.807) is 23.6 Å². The summed E-state index contributed by atoms with van der Waals surface area (Å²) in [6, 6.07) is 3.66. The monoisotopic (exact) mass is 278 g/mol. The molecule has 3 N–H and O–H groups in total. The van der Waals surface area contributed by atoms with Crippen LogP contribution in [0.5, 0.6) is 0 Å². The molecular weight excluding hydrogens is 264 g/mol. The van der Waals surface area contributed by atoms with Crippen molar-refractivity contribution in [3.63, 3.8) is 0 Å². The summed E-state index contributed by atoms with van der Waals surface area (Å²) in [5.41, 5.74) is 7.47. The Morgan fingerprint density at radius 1 is 1.56 bits per heavy atom. The number of thiocarbonyl (C=S) groups is 1. The maximum Gasteiger partial charge on any atom is 0.126 e. The van der Waals surface area contributed by atoms with Gasteiger partial charge in [0, 0.05) is 35.8 Å². The fraction of sp³-hybridized carbons (Fsp3) is 0.250. The maximum absolute atomic E-state index is 5.57. The van der Waals surface area contributed by atoms with E-state index in [-0.39, 0.29) is 0 Å². The van der Waals surface area contributed by atoms with Crippen molar-refractivity contribution < 1.29 is 0 Å². The third-order valence-electron chi connectivity index (χ3n) is 2.36. The largest absolute Gasteiger partial charge is 0.389 e. The molecule has 0 bridgehead atoms. The summed E-state index contributed by atoms with van der Waals surface area (Å²) in [6.45, 7) is 2.79. The molecule has 2 aromatic heterocycles. The van der Waals surface area contributed by atoms with Crippen LogP contribution in [0.2, 0.25) is 0 Å². The Hall–Kier alpha value is -1.53. The SMILES string of the molecule is Cc1csc(CCNc2cc(C(N)=S)ccn2)n1. The molecule has 0 saturated carbocycles. The first-order valence-electron chi connectivity index (χ1n) is 5.56. The summed E-state index contributed by atoms with van der Waals surface area (Å²) in [5, 5.41) is 6.42. The molecule has 2 heterocycles. The Morgan fingerprint density at radius 3 is 3.06 bits per heavy atom. The molecule has 94 valence electrons. The topological polar surface area (TPSA) is 63.8 Å². The van der Waals surface area contributed by atoms with Gasteiger partial charge in [-0.1, -0.05) is 12.2 Å². The first-order chi connectivity index (χ1) is 8.65. The second kappa shape index (κ2) is 5.88. The molecule has 0 aliphatic carbocycles. The molecule has 0 atom stereocenters. The number of nitrogens with zero attached hydrogens (tertiary/aromatic N) is 2. The van der Waals surface area contributed by atoms with Gasteiger partial charge in [0.1, 0.15) is 10.8 Å². The summed E-state index contributed by atoms with van der Waals surface area (Å²) >= 11 is 6.61. The number of aromatic nitrogens is 2. The van der Waals surface area contributed by atoms with Crippen LogP contribution in [-0.4, -0.2) is 21.5 Å². The summed E-state index contributed by atoms with van der Waals surface area (Å²) < 4.78 is 0. The Balaban J connectivity index is 1.90. The van der Waals surface area contributed by atoms with Crippen LogP contribution in [0.15, 0.2) is 23.7 Å². The Bertz CT molecular complexity index is 551. The Morgan fingerprint density at radius 2 is 2.39 bits per heavy atom. The van der Waals surface area contributed by atoms with E-state index < -0.39 is 0 Å². The third kappa shape index (κ3) is 3.48. The van der Waals surface area contributed by atoms with Crippen molar-refractivity contribution in [1.82, 2.24) is 9.97 Å². The average Bonchev–Trinajstić information content (AvgIpc) is 2.75. The molecule has 0 amide bonds. The van der Waals surface area contributed by atoms with Gasteiger partial charge >= 0.3 is 0 Å². The highest BCUT2D eigenvalue weighted by Crippen LogP contribution is 2.10. The molecule has 0 aliphatic heterocycles. The Labute approximate surface area is 115 Å². The fourth-order valence-electron chi connectivity index (χ4n) is 1.50. The van der Waals surface area contributed by atoms with Crippen molar-refractivity contribution in [1.29, 1.82) is 0 Å². The number of hydrogen-bond acceptors (Lipinski definition) is 5. The summed E-state index contributed by atoms with van der Waals surface area (Å²) in [5.74, 6) is 0.786. The van der Waals surface area contributed by atoms with Crippen molar-refractivity contribution in [2.45, 2.75) is 13.3 Å². The number of pyridine rings is 1. The molecule has 18 heavy (non-hydrogen) atoms. The summed E-state index contributed by atoms with van der Waals surface area (Å²) in [4.78, 5) is 9.01. The van der Waals surface area contributed by atoms with Crippen LogP contribution in [-0.2, 0) is 6.42 Å². The van der Waals surface area contributed by atoms with Crippen LogP contribution in [0.3, 0.4) is 0 Å².